The van der Waals surface area contributed by atoms with Crippen molar-refractivity contribution in [2.45, 2.75) is 90.6 Å². The summed E-state index contributed by atoms with van der Waals surface area (Å²) in [7, 11) is 0. The number of hydrogen-bond donors (Lipinski definition) is 2. The van der Waals surface area contributed by atoms with Gasteiger partial charge in [0.05, 0.1) is 12.1 Å². The third-order valence-corrected chi connectivity index (χ3v) is 10.7. The molecule has 0 saturated heterocycles. The maximum Gasteiger partial charge on any atom is 0.124 e. The maximum absolute atomic E-state index is 11.9. The Balaban J connectivity index is 1.35. The summed E-state index contributed by atoms with van der Waals surface area (Å²) in [4.78, 5) is 4.68. The molecule has 0 unspecified atom stereocenters. The number of aromatic hydroxyl groups is 1. The number of phenolic OH excluding ortho intramolecular Hbond substituents is 1. The van der Waals surface area contributed by atoms with Crippen molar-refractivity contribution < 1.29 is 10.2 Å². The first kappa shape index (κ1) is 21.5. The van der Waals surface area contributed by atoms with Crippen LogP contribution in [-0.2, 0) is 0 Å². The van der Waals surface area contributed by atoms with Gasteiger partial charge in [0.25, 0.3) is 0 Å². The van der Waals surface area contributed by atoms with E-state index < -0.39 is 5.60 Å². The van der Waals surface area contributed by atoms with Gasteiger partial charge in [-0.05, 0) is 99.5 Å². The van der Waals surface area contributed by atoms with E-state index in [1.54, 1.807) is 12.3 Å². The van der Waals surface area contributed by atoms with E-state index in [-0.39, 0.29) is 11.2 Å². The van der Waals surface area contributed by atoms with E-state index in [0.717, 1.165) is 48.1 Å². The standard InChI is InChI=1S/C28H41NO2/c1-19-7-10-25(30)20(16-19)17-29-18-28(31)15-12-24-22-9-8-21-6-4-5-13-26(21,2)23(22)11-14-27(24,28)3/h7,10,16-17,21-24,30-31H,4-6,8-9,11-15,18H2,1-3H3/t21-,22+,23+,24+,26-,27-,28-/m0/s1. The van der Waals surface area contributed by atoms with Crippen molar-refractivity contribution in [1.29, 1.82) is 0 Å². The molecule has 7 atom stereocenters. The summed E-state index contributed by atoms with van der Waals surface area (Å²) in [6.07, 6.45) is 14.7. The smallest absolute Gasteiger partial charge is 0.124 e. The minimum absolute atomic E-state index is 0.0297. The molecular formula is C28H41NO2. The minimum atomic E-state index is -0.719. The van der Waals surface area contributed by atoms with E-state index >= 15 is 0 Å². The second-order valence-corrected chi connectivity index (χ2v) is 12.0. The lowest BCUT2D eigenvalue weighted by atomic mass is 9.44. The first-order valence-corrected chi connectivity index (χ1v) is 12.8. The molecule has 0 spiro atoms. The molecule has 4 aliphatic carbocycles. The highest BCUT2D eigenvalue weighted by Crippen LogP contribution is 2.68. The Morgan fingerprint density at radius 3 is 2.65 bits per heavy atom. The number of nitrogens with zero attached hydrogens (tertiary/aromatic N) is 1. The third kappa shape index (κ3) is 3.29. The summed E-state index contributed by atoms with van der Waals surface area (Å²) in [6, 6.07) is 5.58. The van der Waals surface area contributed by atoms with Gasteiger partial charge in [-0.2, -0.15) is 0 Å². The molecule has 1 aromatic rings. The molecule has 1 aromatic carbocycles. The van der Waals surface area contributed by atoms with E-state index in [1.807, 2.05) is 19.1 Å². The lowest BCUT2D eigenvalue weighted by molar-refractivity contribution is -0.147. The van der Waals surface area contributed by atoms with Crippen LogP contribution in [0.25, 0.3) is 0 Å². The Hall–Kier alpha value is -1.35. The molecular weight excluding hydrogens is 382 g/mol. The van der Waals surface area contributed by atoms with Gasteiger partial charge in [0.15, 0.2) is 0 Å². The fourth-order valence-electron chi connectivity index (χ4n) is 8.74. The van der Waals surface area contributed by atoms with Gasteiger partial charge in [-0.3, -0.25) is 4.99 Å². The molecule has 3 heteroatoms. The molecule has 0 heterocycles. The second-order valence-electron chi connectivity index (χ2n) is 12.0. The van der Waals surface area contributed by atoms with Gasteiger partial charge in [0, 0.05) is 17.2 Å². The van der Waals surface area contributed by atoms with Gasteiger partial charge < -0.3 is 10.2 Å². The van der Waals surface area contributed by atoms with E-state index in [4.69, 9.17) is 0 Å². The molecule has 4 fully saturated rings. The number of aliphatic hydroxyl groups is 1. The lowest BCUT2D eigenvalue weighted by Crippen LogP contribution is -2.56. The average Bonchev–Trinajstić information content (AvgIpc) is 3.01. The molecule has 2 N–H and O–H groups in total. The first-order valence-electron chi connectivity index (χ1n) is 12.8. The van der Waals surface area contributed by atoms with Crippen molar-refractivity contribution in [1.82, 2.24) is 0 Å². The summed E-state index contributed by atoms with van der Waals surface area (Å²) >= 11 is 0. The highest BCUT2D eigenvalue weighted by Gasteiger charge is 2.64. The van der Waals surface area contributed by atoms with Crippen LogP contribution in [0.4, 0.5) is 0 Å². The van der Waals surface area contributed by atoms with Crippen molar-refractivity contribution in [3.05, 3.63) is 29.3 Å². The fraction of sp³-hybridized carbons (Fsp3) is 0.750. The molecule has 3 nitrogen and oxygen atoms in total. The van der Waals surface area contributed by atoms with E-state index in [0.29, 0.717) is 17.9 Å². The molecule has 0 radical (unpaired) electrons. The Bertz CT molecular complexity index is 865. The van der Waals surface area contributed by atoms with Gasteiger partial charge in [-0.25, -0.2) is 0 Å². The van der Waals surface area contributed by atoms with Gasteiger partial charge in [-0.1, -0.05) is 38.3 Å². The van der Waals surface area contributed by atoms with E-state index in [9.17, 15) is 10.2 Å². The quantitative estimate of drug-likeness (QED) is 0.562. The summed E-state index contributed by atoms with van der Waals surface area (Å²) in [6.45, 7) is 7.46. The molecule has 4 aliphatic rings. The van der Waals surface area contributed by atoms with Crippen LogP contribution in [0.15, 0.2) is 23.2 Å². The summed E-state index contributed by atoms with van der Waals surface area (Å²) in [5, 5.41) is 22.0. The van der Waals surface area contributed by atoms with Gasteiger partial charge >= 0.3 is 0 Å². The topological polar surface area (TPSA) is 52.8 Å². The fourth-order valence-corrected chi connectivity index (χ4v) is 8.74. The van der Waals surface area contributed by atoms with E-state index in [2.05, 4.69) is 18.8 Å². The van der Waals surface area contributed by atoms with Crippen LogP contribution in [0.5, 0.6) is 5.75 Å². The number of phenols is 1. The van der Waals surface area contributed by atoms with Crippen molar-refractivity contribution >= 4 is 6.21 Å². The summed E-state index contributed by atoms with van der Waals surface area (Å²) in [5.41, 5.74) is 1.65. The van der Waals surface area contributed by atoms with Crippen LogP contribution in [0, 0.1) is 41.4 Å². The van der Waals surface area contributed by atoms with Crippen molar-refractivity contribution in [2.75, 3.05) is 6.54 Å². The number of aryl methyl sites for hydroxylation is 1. The highest BCUT2D eigenvalue weighted by atomic mass is 16.3. The first-order chi connectivity index (χ1) is 14.8. The summed E-state index contributed by atoms with van der Waals surface area (Å²) in [5.74, 6) is 3.49. The highest BCUT2D eigenvalue weighted by molar-refractivity contribution is 5.83. The average molecular weight is 424 g/mol. The van der Waals surface area contributed by atoms with Crippen LogP contribution >= 0.6 is 0 Å². The Labute approximate surface area is 188 Å². The number of fused-ring (bicyclic) bond motifs is 5. The van der Waals surface area contributed by atoms with Crippen LogP contribution in [0.2, 0.25) is 0 Å². The molecule has 170 valence electrons. The van der Waals surface area contributed by atoms with Crippen molar-refractivity contribution in [3.8, 4) is 5.75 Å². The Kier molecular flexibility index (Phi) is 5.28. The predicted molar refractivity (Wildman–Crippen MR) is 127 cm³/mol. The number of hydrogen-bond acceptors (Lipinski definition) is 3. The van der Waals surface area contributed by atoms with Crippen LogP contribution in [-0.4, -0.2) is 28.6 Å². The van der Waals surface area contributed by atoms with Crippen LogP contribution < -0.4 is 0 Å². The Morgan fingerprint density at radius 2 is 1.81 bits per heavy atom. The number of benzene rings is 1. The minimum Gasteiger partial charge on any atom is -0.507 e. The zero-order valence-electron chi connectivity index (χ0n) is 19.7. The Morgan fingerprint density at radius 1 is 1.00 bits per heavy atom. The number of aliphatic imine (C=N–C) groups is 1. The molecule has 0 amide bonds. The van der Waals surface area contributed by atoms with Crippen LogP contribution in [0.1, 0.15) is 89.2 Å². The van der Waals surface area contributed by atoms with Gasteiger partial charge in [0.1, 0.15) is 5.75 Å². The zero-order valence-corrected chi connectivity index (χ0v) is 19.7. The summed E-state index contributed by atoms with van der Waals surface area (Å²) < 4.78 is 0. The molecule has 0 bridgehead atoms. The van der Waals surface area contributed by atoms with Crippen molar-refractivity contribution in [2.24, 2.45) is 39.5 Å². The second kappa shape index (κ2) is 7.61. The molecule has 4 saturated carbocycles. The van der Waals surface area contributed by atoms with E-state index in [1.165, 1.54) is 44.9 Å². The molecule has 0 aromatic heterocycles. The maximum atomic E-state index is 11.9. The SMILES string of the molecule is Cc1ccc(O)c(C=NC[C@@]2(O)CC[C@@H]3[C@@H]4CC[C@@H]5CCCC[C@]5(C)[C@@H]4CC[C@@]32C)c1. The lowest BCUT2D eigenvalue weighted by Gasteiger charge is -2.61. The predicted octanol–water partition coefficient (Wildman–Crippen LogP) is 6.28. The number of rotatable bonds is 3. The normalized spacial score (nSPS) is 44.6. The molecule has 0 aliphatic heterocycles. The van der Waals surface area contributed by atoms with Crippen molar-refractivity contribution in [3.63, 3.8) is 0 Å². The largest absolute Gasteiger partial charge is 0.507 e. The van der Waals surface area contributed by atoms with Gasteiger partial charge in [0.2, 0.25) is 0 Å². The van der Waals surface area contributed by atoms with Gasteiger partial charge in [-0.15, -0.1) is 0 Å². The van der Waals surface area contributed by atoms with Crippen LogP contribution in [0.3, 0.4) is 0 Å². The zero-order chi connectivity index (χ0) is 21.9. The molecule has 5 rings (SSSR count). The third-order valence-electron chi connectivity index (χ3n) is 10.7. The molecule has 31 heavy (non-hydrogen) atoms. The monoisotopic (exact) mass is 423 g/mol.